The zero-order valence-electron chi connectivity index (χ0n) is 6.12. The van der Waals surface area contributed by atoms with Crippen molar-refractivity contribution in [2.24, 2.45) is 11.8 Å². The molecule has 2 aliphatic rings. The van der Waals surface area contributed by atoms with Gasteiger partial charge in [-0.2, -0.15) is 0 Å². The molecule has 0 aromatic heterocycles. The van der Waals surface area contributed by atoms with Crippen LogP contribution in [0.4, 0.5) is 0 Å². The van der Waals surface area contributed by atoms with Crippen molar-refractivity contribution in [3.63, 3.8) is 0 Å². The lowest BCUT2D eigenvalue weighted by Crippen LogP contribution is -2.33. The van der Waals surface area contributed by atoms with Crippen molar-refractivity contribution < 1.29 is 9.90 Å². The SMILES string of the molecule is Cl.O=C(O)[C@H]1C[C@H]2C[C@@H]1CN2. The summed E-state index contributed by atoms with van der Waals surface area (Å²) in [6, 6.07) is 0.506. The van der Waals surface area contributed by atoms with Crippen LogP contribution in [0.15, 0.2) is 0 Å². The van der Waals surface area contributed by atoms with E-state index in [2.05, 4.69) is 5.32 Å². The second kappa shape index (κ2) is 2.99. The summed E-state index contributed by atoms with van der Waals surface area (Å²) >= 11 is 0. The topological polar surface area (TPSA) is 49.3 Å². The average molecular weight is 178 g/mol. The first-order valence-corrected chi connectivity index (χ1v) is 3.73. The van der Waals surface area contributed by atoms with Gasteiger partial charge in [0.25, 0.3) is 0 Å². The summed E-state index contributed by atoms with van der Waals surface area (Å²) in [6.07, 6.45) is 1.93. The summed E-state index contributed by atoms with van der Waals surface area (Å²) in [4.78, 5) is 10.6. The summed E-state index contributed by atoms with van der Waals surface area (Å²) in [6.45, 7) is 0.918. The third-order valence-electron chi connectivity index (χ3n) is 2.68. The number of hydrogen-bond donors (Lipinski definition) is 2. The van der Waals surface area contributed by atoms with Crippen LogP contribution in [0.1, 0.15) is 12.8 Å². The van der Waals surface area contributed by atoms with Crippen molar-refractivity contribution in [2.75, 3.05) is 6.54 Å². The van der Waals surface area contributed by atoms with E-state index < -0.39 is 5.97 Å². The monoisotopic (exact) mass is 177 g/mol. The Balaban J connectivity index is 0.000000605. The Morgan fingerprint density at radius 2 is 2.18 bits per heavy atom. The number of aliphatic carboxylic acids is 1. The van der Waals surface area contributed by atoms with Gasteiger partial charge in [-0.1, -0.05) is 0 Å². The van der Waals surface area contributed by atoms with Gasteiger partial charge in [-0.25, -0.2) is 0 Å². The van der Waals surface area contributed by atoms with E-state index in [-0.39, 0.29) is 18.3 Å². The molecule has 0 amide bonds. The van der Waals surface area contributed by atoms with Gasteiger partial charge < -0.3 is 10.4 Å². The molecule has 1 heterocycles. The van der Waals surface area contributed by atoms with Crippen LogP contribution < -0.4 is 5.32 Å². The third-order valence-corrected chi connectivity index (χ3v) is 2.68. The van der Waals surface area contributed by atoms with Crippen LogP contribution in [0.5, 0.6) is 0 Å². The van der Waals surface area contributed by atoms with Gasteiger partial charge in [-0.3, -0.25) is 4.79 Å². The zero-order valence-corrected chi connectivity index (χ0v) is 6.93. The van der Waals surface area contributed by atoms with Crippen molar-refractivity contribution in [3.05, 3.63) is 0 Å². The molecule has 0 radical (unpaired) electrons. The normalized spacial score (nSPS) is 40.2. The van der Waals surface area contributed by atoms with Gasteiger partial charge in [-0.05, 0) is 25.3 Å². The van der Waals surface area contributed by atoms with E-state index in [1.807, 2.05) is 0 Å². The van der Waals surface area contributed by atoms with Gasteiger partial charge >= 0.3 is 5.97 Å². The molecule has 3 atom stereocenters. The standard InChI is InChI=1S/C7H11NO2.ClH/c9-7(10)6-2-5-1-4(6)3-8-5;/h4-6,8H,1-3H2,(H,9,10);1H/t4-,5-,6+;/m1./s1. The maximum atomic E-state index is 10.6. The minimum atomic E-state index is -0.603. The van der Waals surface area contributed by atoms with E-state index in [1.165, 1.54) is 0 Å². The predicted molar refractivity (Wildman–Crippen MR) is 42.9 cm³/mol. The summed E-state index contributed by atoms with van der Waals surface area (Å²) < 4.78 is 0. The molecule has 11 heavy (non-hydrogen) atoms. The fourth-order valence-corrected chi connectivity index (χ4v) is 2.14. The van der Waals surface area contributed by atoms with Gasteiger partial charge in [-0.15, -0.1) is 12.4 Å². The quantitative estimate of drug-likeness (QED) is 0.613. The fourth-order valence-electron chi connectivity index (χ4n) is 2.14. The lowest BCUT2D eigenvalue weighted by atomic mass is 9.96. The minimum Gasteiger partial charge on any atom is -0.481 e. The van der Waals surface area contributed by atoms with E-state index in [0.29, 0.717) is 12.0 Å². The molecule has 1 saturated heterocycles. The molecular weight excluding hydrogens is 166 g/mol. The first-order valence-electron chi connectivity index (χ1n) is 3.73. The Kier molecular flexibility index (Phi) is 2.40. The summed E-state index contributed by atoms with van der Waals surface area (Å²) in [5, 5.41) is 12.0. The molecule has 0 aromatic carbocycles. The Morgan fingerprint density at radius 3 is 2.45 bits per heavy atom. The molecular formula is C7H12ClNO2. The van der Waals surface area contributed by atoms with E-state index in [4.69, 9.17) is 5.11 Å². The highest BCUT2D eigenvalue weighted by Crippen LogP contribution is 2.36. The van der Waals surface area contributed by atoms with Crippen LogP contribution in [-0.2, 0) is 4.79 Å². The van der Waals surface area contributed by atoms with Crippen molar-refractivity contribution in [1.82, 2.24) is 5.32 Å². The van der Waals surface area contributed by atoms with Crippen LogP contribution >= 0.6 is 12.4 Å². The molecule has 1 saturated carbocycles. The molecule has 1 aliphatic heterocycles. The third kappa shape index (κ3) is 1.35. The second-order valence-electron chi connectivity index (χ2n) is 3.28. The second-order valence-corrected chi connectivity index (χ2v) is 3.28. The summed E-state index contributed by atoms with van der Waals surface area (Å²) in [5.41, 5.74) is 0. The van der Waals surface area contributed by atoms with E-state index in [0.717, 1.165) is 19.4 Å². The number of carbonyl (C=O) groups is 1. The van der Waals surface area contributed by atoms with Crippen molar-refractivity contribution >= 4 is 18.4 Å². The lowest BCUT2D eigenvalue weighted by molar-refractivity contribution is -0.143. The Hall–Kier alpha value is -0.280. The molecule has 4 heteroatoms. The molecule has 1 aliphatic carbocycles. The lowest BCUT2D eigenvalue weighted by Gasteiger charge is -2.17. The summed E-state index contributed by atoms with van der Waals surface area (Å²) in [5.74, 6) is -0.234. The smallest absolute Gasteiger partial charge is 0.306 e. The maximum absolute atomic E-state index is 10.6. The number of piperidine rings is 1. The number of fused-ring (bicyclic) bond motifs is 2. The number of rotatable bonds is 1. The van der Waals surface area contributed by atoms with Crippen molar-refractivity contribution in [2.45, 2.75) is 18.9 Å². The van der Waals surface area contributed by atoms with Gasteiger partial charge in [0, 0.05) is 6.04 Å². The van der Waals surface area contributed by atoms with E-state index >= 15 is 0 Å². The van der Waals surface area contributed by atoms with Crippen molar-refractivity contribution in [1.29, 1.82) is 0 Å². The molecule has 64 valence electrons. The molecule has 0 unspecified atom stereocenters. The molecule has 2 fully saturated rings. The number of halogens is 1. The van der Waals surface area contributed by atoms with Crippen LogP contribution in [0, 0.1) is 11.8 Å². The molecule has 2 N–H and O–H groups in total. The number of hydrogen-bond acceptors (Lipinski definition) is 2. The number of carboxylic acids is 1. The van der Waals surface area contributed by atoms with Crippen LogP contribution in [0.25, 0.3) is 0 Å². The van der Waals surface area contributed by atoms with Crippen LogP contribution in [0.3, 0.4) is 0 Å². The Labute approximate surface area is 71.6 Å². The van der Waals surface area contributed by atoms with E-state index in [9.17, 15) is 4.79 Å². The predicted octanol–water partition coefficient (Wildman–Crippen LogP) is 0.491. The fraction of sp³-hybridized carbons (Fsp3) is 0.857. The van der Waals surface area contributed by atoms with Gasteiger partial charge in [0.15, 0.2) is 0 Å². The first kappa shape index (κ1) is 8.81. The number of nitrogens with one attached hydrogen (secondary N) is 1. The van der Waals surface area contributed by atoms with Gasteiger partial charge in [0.05, 0.1) is 5.92 Å². The van der Waals surface area contributed by atoms with Gasteiger partial charge in [0.1, 0.15) is 0 Å². The summed E-state index contributed by atoms with van der Waals surface area (Å²) in [7, 11) is 0. The highest BCUT2D eigenvalue weighted by molar-refractivity contribution is 5.85. The zero-order chi connectivity index (χ0) is 7.14. The van der Waals surface area contributed by atoms with Crippen molar-refractivity contribution in [3.8, 4) is 0 Å². The minimum absolute atomic E-state index is 0. The largest absolute Gasteiger partial charge is 0.481 e. The highest BCUT2D eigenvalue weighted by Gasteiger charge is 2.42. The number of carboxylic acid groups (broad SMARTS) is 1. The molecule has 0 aromatic rings. The maximum Gasteiger partial charge on any atom is 0.306 e. The van der Waals surface area contributed by atoms with Crippen LogP contribution in [-0.4, -0.2) is 23.7 Å². The Bertz CT molecular complexity index is 174. The Morgan fingerprint density at radius 1 is 1.45 bits per heavy atom. The molecule has 3 nitrogen and oxygen atoms in total. The van der Waals surface area contributed by atoms with Gasteiger partial charge in [0.2, 0.25) is 0 Å². The molecule has 2 rings (SSSR count). The van der Waals surface area contributed by atoms with Crippen LogP contribution in [0.2, 0.25) is 0 Å². The highest BCUT2D eigenvalue weighted by atomic mass is 35.5. The average Bonchev–Trinajstić information content (AvgIpc) is 2.44. The molecule has 2 bridgehead atoms. The first-order chi connectivity index (χ1) is 4.77. The van der Waals surface area contributed by atoms with E-state index in [1.54, 1.807) is 0 Å². The molecule has 0 spiro atoms.